The van der Waals surface area contributed by atoms with Gasteiger partial charge in [-0.05, 0) is 56.3 Å². The maximum Gasteiger partial charge on any atom is 0.125 e. The Bertz CT molecular complexity index is 504. The van der Waals surface area contributed by atoms with E-state index in [1.165, 1.54) is 25.3 Å². The van der Waals surface area contributed by atoms with Gasteiger partial charge in [0.25, 0.3) is 0 Å². The minimum absolute atomic E-state index is 0.0531. The van der Waals surface area contributed by atoms with Crippen LogP contribution >= 0.6 is 0 Å². The topological polar surface area (TPSA) is 21.3 Å². The molecule has 0 amide bonds. The molecule has 1 aliphatic heterocycles. The maximum absolute atomic E-state index is 13.6. The Hall–Kier alpha value is -1.09. The van der Waals surface area contributed by atoms with E-state index >= 15 is 0 Å². The summed E-state index contributed by atoms with van der Waals surface area (Å²) in [5, 5.41) is 3.52. The highest BCUT2D eigenvalue weighted by atomic mass is 19.1. The summed E-state index contributed by atoms with van der Waals surface area (Å²) in [6, 6.07) is 5.17. The Labute approximate surface area is 127 Å². The van der Waals surface area contributed by atoms with Crippen molar-refractivity contribution in [2.75, 3.05) is 6.54 Å². The van der Waals surface area contributed by atoms with Gasteiger partial charge in [-0.1, -0.05) is 20.3 Å². The molecule has 1 heterocycles. The summed E-state index contributed by atoms with van der Waals surface area (Å²) < 4.78 is 20.0. The molecule has 116 valence electrons. The minimum Gasteiger partial charge on any atom is -0.487 e. The molecule has 1 aliphatic carbocycles. The molecule has 0 aromatic heterocycles. The third-order valence-electron chi connectivity index (χ3n) is 5.12. The molecule has 1 N–H and O–H groups in total. The van der Waals surface area contributed by atoms with Gasteiger partial charge in [-0.15, -0.1) is 0 Å². The first-order valence-electron chi connectivity index (χ1n) is 8.34. The first-order chi connectivity index (χ1) is 10.1. The van der Waals surface area contributed by atoms with E-state index in [2.05, 4.69) is 19.2 Å². The number of hydrogen-bond donors (Lipinski definition) is 1. The second-order valence-electron chi connectivity index (χ2n) is 6.82. The number of rotatable bonds is 2. The van der Waals surface area contributed by atoms with Crippen LogP contribution in [0.3, 0.4) is 0 Å². The molecule has 0 saturated heterocycles. The van der Waals surface area contributed by atoms with Gasteiger partial charge in [0.1, 0.15) is 17.2 Å². The summed E-state index contributed by atoms with van der Waals surface area (Å²) in [6.07, 6.45) is 6.96. The van der Waals surface area contributed by atoms with Crippen LogP contribution in [0, 0.1) is 11.7 Å². The lowest BCUT2D eigenvalue weighted by Gasteiger charge is -2.42. The second-order valence-corrected chi connectivity index (χ2v) is 6.82. The van der Waals surface area contributed by atoms with E-state index < -0.39 is 0 Å². The molecule has 0 radical (unpaired) electrons. The van der Waals surface area contributed by atoms with Crippen LogP contribution in [-0.4, -0.2) is 12.1 Å². The standard InChI is InChI=1S/C18H26FNO/c1-3-20-16-12-18(9-4-5-13(2)8-10-18)21-17-7-6-14(19)11-15(16)17/h6-7,11,13,16,20H,3-5,8-10,12H2,1-2H3. The van der Waals surface area contributed by atoms with E-state index in [0.29, 0.717) is 0 Å². The van der Waals surface area contributed by atoms with Crippen molar-refractivity contribution in [3.8, 4) is 5.75 Å². The molecule has 3 unspecified atom stereocenters. The molecule has 1 fully saturated rings. The largest absolute Gasteiger partial charge is 0.487 e. The van der Waals surface area contributed by atoms with E-state index in [1.807, 2.05) is 6.07 Å². The summed E-state index contributed by atoms with van der Waals surface area (Å²) in [5.41, 5.74) is 0.933. The quantitative estimate of drug-likeness (QED) is 0.860. The monoisotopic (exact) mass is 291 g/mol. The molecule has 2 aliphatic rings. The van der Waals surface area contributed by atoms with Crippen LogP contribution in [0.25, 0.3) is 0 Å². The van der Waals surface area contributed by atoms with Crippen molar-refractivity contribution >= 4 is 0 Å². The molecular formula is C18H26FNO. The highest BCUT2D eigenvalue weighted by Gasteiger charge is 2.41. The van der Waals surface area contributed by atoms with Crippen molar-refractivity contribution < 1.29 is 9.13 Å². The van der Waals surface area contributed by atoms with Gasteiger partial charge in [-0.25, -0.2) is 4.39 Å². The van der Waals surface area contributed by atoms with E-state index in [0.717, 1.165) is 43.0 Å². The molecule has 2 nitrogen and oxygen atoms in total. The van der Waals surface area contributed by atoms with Crippen LogP contribution in [0.4, 0.5) is 4.39 Å². The molecule has 3 atom stereocenters. The molecule has 3 heteroatoms. The number of nitrogens with one attached hydrogen (secondary N) is 1. The maximum atomic E-state index is 13.6. The summed E-state index contributed by atoms with van der Waals surface area (Å²) in [5.74, 6) is 1.49. The number of halogens is 1. The highest BCUT2D eigenvalue weighted by molar-refractivity contribution is 5.39. The van der Waals surface area contributed by atoms with E-state index in [1.54, 1.807) is 6.07 Å². The van der Waals surface area contributed by atoms with E-state index in [4.69, 9.17) is 4.74 Å². The van der Waals surface area contributed by atoms with Gasteiger partial charge < -0.3 is 10.1 Å². The minimum atomic E-state index is -0.175. The summed E-state index contributed by atoms with van der Waals surface area (Å²) in [4.78, 5) is 0. The Morgan fingerprint density at radius 1 is 1.33 bits per heavy atom. The fourth-order valence-corrected chi connectivity index (χ4v) is 3.93. The van der Waals surface area contributed by atoms with Gasteiger partial charge in [0, 0.05) is 18.0 Å². The van der Waals surface area contributed by atoms with Gasteiger partial charge in [0.15, 0.2) is 0 Å². The Kier molecular flexibility index (Phi) is 4.21. The van der Waals surface area contributed by atoms with Crippen LogP contribution in [0.15, 0.2) is 18.2 Å². The fraction of sp³-hybridized carbons (Fsp3) is 0.667. The Balaban J connectivity index is 1.91. The molecule has 1 spiro atoms. The third kappa shape index (κ3) is 3.08. The van der Waals surface area contributed by atoms with Crippen LogP contribution in [-0.2, 0) is 0 Å². The van der Waals surface area contributed by atoms with Gasteiger partial charge >= 0.3 is 0 Å². The first kappa shape index (κ1) is 14.8. The average molecular weight is 291 g/mol. The Morgan fingerprint density at radius 2 is 2.19 bits per heavy atom. The molecule has 1 aromatic rings. The summed E-state index contributed by atoms with van der Waals surface area (Å²) >= 11 is 0. The average Bonchev–Trinajstić information content (AvgIpc) is 2.63. The summed E-state index contributed by atoms with van der Waals surface area (Å²) in [6.45, 7) is 5.34. The van der Waals surface area contributed by atoms with E-state index in [-0.39, 0.29) is 17.5 Å². The molecular weight excluding hydrogens is 265 g/mol. The number of hydrogen-bond acceptors (Lipinski definition) is 2. The van der Waals surface area contributed by atoms with Gasteiger partial charge in [0.2, 0.25) is 0 Å². The van der Waals surface area contributed by atoms with Crippen molar-refractivity contribution in [2.45, 2.75) is 64.0 Å². The predicted molar refractivity (Wildman–Crippen MR) is 83.0 cm³/mol. The lowest BCUT2D eigenvalue weighted by atomic mass is 9.82. The van der Waals surface area contributed by atoms with Crippen molar-refractivity contribution in [3.05, 3.63) is 29.6 Å². The van der Waals surface area contributed by atoms with E-state index in [9.17, 15) is 4.39 Å². The smallest absolute Gasteiger partial charge is 0.125 e. The predicted octanol–water partition coefficient (Wildman–Crippen LogP) is 4.60. The number of benzene rings is 1. The van der Waals surface area contributed by atoms with Crippen LogP contribution in [0.1, 0.15) is 64.0 Å². The van der Waals surface area contributed by atoms with Crippen molar-refractivity contribution in [1.82, 2.24) is 5.32 Å². The second kappa shape index (κ2) is 5.96. The van der Waals surface area contributed by atoms with Crippen LogP contribution in [0.2, 0.25) is 0 Å². The lowest BCUT2D eigenvalue weighted by molar-refractivity contribution is 0.0154. The van der Waals surface area contributed by atoms with Gasteiger partial charge in [0.05, 0.1) is 0 Å². The molecule has 21 heavy (non-hydrogen) atoms. The normalized spacial score (nSPS) is 32.3. The lowest BCUT2D eigenvalue weighted by Crippen LogP contribution is -2.44. The van der Waals surface area contributed by atoms with Crippen molar-refractivity contribution in [2.24, 2.45) is 5.92 Å². The first-order valence-corrected chi connectivity index (χ1v) is 8.34. The molecule has 1 aromatic carbocycles. The van der Waals surface area contributed by atoms with Crippen LogP contribution in [0.5, 0.6) is 5.75 Å². The molecule has 1 saturated carbocycles. The van der Waals surface area contributed by atoms with Gasteiger partial charge in [-0.3, -0.25) is 0 Å². The Morgan fingerprint density at radius 3 is 3.00 bits per heavy atom. The van der Waals surface area contributed by atoms with Crippen molar-refractivity contribution in [1.29, 1.82) is 0 Å². The zero-order valence-corrected chi connectivity index (χ0v) is 13.1. The van der Waals surface area contributed by atoms with Gasteiger partial charge in [-0.2, -0.15) is 0 Å². The SMILES string of the molecule is CCNC1CC2(CCCC(C)CC2)Oc2ccc(F)cc21. The zero-order valence-electron chi connectivity index (χ0n) is 13.1. The van der Waals surface area contributed by atoms with Crippen molar-refractivity contribution in [3.63, 3.8) is 0 Å². The third-order valence-corrected chi connectivity index (χ3v) is 5.12. The highest BCUT2D eigenvalue weighted by Crippen LogP contribution is 2.46. The molecule has 3 rings (SSSR count). The number of fused-ring (bicyclic) bond motifs is 1. The molecule has 0 bridgehead atoms. The zero-order chi connectivity index (χ0) is 14.9. The summed E-state index contributed by atoms with van der Waals surface area (Å²) in [7, 11) is 0. The fourth-order valence-electron chi connectivity index (χ4n) is 3.93. The van der Waals surface area contributed by atoms with Crippen LogP contribution < -0.4 is 10.1 Å². The number of ether oxygens (including phenoxy) is 1.